The number of aliphatic imine (C=N–C) groups is 1. The predicted molar refractivity (Wildman–Crippen MR) is 118 cm³/mol. The Morgan fingerprint density at radius 1 is 1.20 bits per heavy atom. The first-order chi connectivity index (χ1) is 11.6. The number of guanidine groups is 1. The van der Waals surface area contributed by atoms with Gasteiger partial charge in [0.25, 0.3) is 0 Å². The van der Waals surface area contributed by atoms with E-state index >= 15 is 0 Å². The third-order valence-corrected chi connectivity index (χ3v) is 4.00. The molecule has 1 rings (SSSR count). The van der Waals surface area contributed by atoms with E-state index in [0.29, 0.717) is 0 Å². The first-order valence-corrected chi connectivity index (χ1v) is 8.80. The number of halogens is 1. The average Bonchev–Trinajstić information content (AvgIpc) is 2.57. The van der Waals surface area contributed by atoms with E-state index in [1.807, 2.05) is 0 Å². The summed E-state index contributed by atoms with van der Waals surface area (Å²) < 4.78 is 5.10. The topological polar surface area (TPSA) is 40.1 Å². The standard InChI is InChI=1S/C19H34N4O.HI/c1-6-20-19(21-12-9-13-22(3)14-15-24-5)23(4)16-18-11-8-7-10-17(18)2;/h7-8,10-11H,6,9,12-16H2,1-5H3,(H,20,21);1H. The molecule has 0 spiro atoms. The van der Waals surface area contributed by atoms with Crippen LogP contribution in [0.1, 0.15) is 24.5 Å². The van der Waals surface area contributed by atoms with Gasteiger partial charge in [-0.05, 0) is 45.0 Å². The summed E-state index contributed by atoms with van der Waals surface area (Å²) in [6.45, 7) is 9.62. The van der Waals surface area contributed by atoms with Crippen molar-refractivity contribution in [3.05, 3.63) is 35.4 Å². The van der Waals surface area contributed by atoms with Gasteiger partial charge in [-0.25, -0.2) is 0 Å². The quantitative estimate of drug-likeness (QED) is 0.251. The molecule has 0 unspecified atom stereocenters. The lowest BCUT2D eigenvalue weighted by Gasteiger charge is -2.23. The highest BCUT2D eigenvalue weighted by molar-refractivity contribution is 14.0. The Balaban J connectivity index is 0.00000576. The van der Waals surface area contributed by atoms with Gasteiger partial charge in [-0.3, -0.25) is 4.99 Å². The Kier molecular flexibility index (Phi) is 13.8. The van der Waals surface area contributed by atoms with Gasteiger partial charge in [0.2, 0.25) is 0 Å². The number of likely N-dealkylation sites (N-methyl/N-ethyl adjacent to an activating group) is 1. The van der Waals surface area contributed by atoms with Gasteiger partial charge in [-0.15, -0.1) is 24.0 Å². The maximum atomic E-state index is 5.10. The molecule has 0 aliphatic carbocycles. The molecule has 0 aliphatic heterocycles. The van der Waals surface area contributed by atoms with Crippen LogP contribution in [-0.4, -0.2) is 69.8 Å². The van der Waals surface area contributed by atoms with E-state index in [2.05, 4.69) is 67.3 Å². The summed E-state index contributed by atoms with van der Waals surface area (Å²) in [5.74, 6) is 0.972. The average molecular weight is 462 g/mol. The van der Waals surface area contributed by atoms with Gasteiger partial charge in [0.15, 0.2) is 5.96 Å². The maximum Gasteiger partial charge on any atom is 0.193 e. The second kappa shape index (κ2) is 14.3. The molecule has 25 heavy (non-hydrogen) atoms. The number of aryl methyl sites for hydroxylation is 1. The highest BCUT2D eigenvalue weighted by Crippen LogP contribution is 2.09. The Hall–Kier alpha value is -0.860. The van der Waals surface area contributed by atoms with Crippen molar-refractivity contribution in [2.75, 3.05) is 54.0 Å². The predicted octanol–water partition coefficient (Wildman–Crippen LogP) is 2.98. The Labute approximate surface area is 170 Å². The summed E-state index contributed by atoms with van der Waals surface area (Å²) >= 11 is 0. The van der Waals surface area contributed by atoms with Crippen LogP contribution in [-0.2, 0) is 11.3 Å². The first-order valence-electron chi connectivity index (χ1n) is 8.80. The van der Waals surface area contributed by atoms with Gasteiger partial charge in [-0.2, -0.15) is 0 Å². The third kappa shape index (κ3) is 10.0. The van der Waals surface area contributed by atoms with Crippen molar-refractivity contribution < 1.29 is 4.74 Å². The molecule has 0 bridgehead atoms. The number of methoxy groups -OCH3 is 1. The Bertz CT molecular complexity index is 496. The number of rotatable bonds is 10. The van der Waals surface area contributed by atoms with Crippen LogP contribution < -0.4 is 5.32 Å². The molecule has 144 valence electrons. The number of benzene rings is 1. The summed E-state index contributed by atoms with van der Waals surface area (Å²) in [5, 5.41) is 3.39. The second-order valence-corrected chi connectivity index (χ2v) is 6.17. The Morgan fingerprint density at radius 2 is 1.92 bits per heavy atom. The molecule has 1 aromatic rings. The van der Waals surface area contributed by atoms with Crippen molar-refractivity contribution >= 4 is 29.9 Å². The molecule has 1 aromatic carbocycles. The van der Waals surface area contributed by atoms with E-state index in [4.69, 9.17) is 9.73 Å². The Morgan fingerprint density at radius 3 is 2.56 bits per heavy atom. The summed E-state index contributed by atoms with van der Waals surface area (Å²) in [7, 11) is 5.96. The van der Waals surface area contributed by atoms with Crippen LogP contribution in [0.2, 0.25) is 0 Å². The number of ether oxygens (including phenoxy) is 1. The van der Waals surface area contributed by atoms with Crippen molar-refractivity contribution in [3.8, 4) is 0 Å². The fourth-order valence-corrected chi connectivity index (χ4v) is 2.47. The lowest BCUT2D eigenvalue weighted by Crippen LogP contribution is -2.38. The van der Waals surface area contributed by atoms with Gasteiger partial charge in [0.05, 0.1) is 6.61 Å². The van der Waals surface area contributed by atoms with Crippen molar-refractivity contribution in [2.24, 2.45) is 4.99 Å². The number of nitrogens with zero attached hydrogens (tertiary/aromatic N) is 3. The third-order valence-electron chi connectivity index (χ3n) is 4.00. The zero-order valence-corrected chi connectivity index (χ0v) is 18.7. The van der Waals surface area contributed by atoms with Crippen LogP contribution >= 0.6 is 24.0 Å². The molecule has 1 N–H and O–H groups in total. The minimum atomic E-state index is 0. The SMILES string of the molecule is CCNC(=NCCCN(C)CCOC)N(C)Cc1ccccc1C.I. The number of nitrogens with one attached hydrogen (secondary N) is 1. The molecule has 0 saturated heterocycles. The summed E-state index contributed by atoms with van der Waals surface area (Å²) in [6, 6.07) is 8.51. The van der Waals surface area contributed by atoms with Crippen molar-refractivity contribution in [2.45, 2.75) is 26.8 Å². The van der Waals surface area contributed by atoms with Crippen LogP contribution in [0.5, 0.6) is 0 Å². The van der Waals surface area contributed by atoms with Crippen molar-refractivity contribution in [3.63, 3.8) is 0 Å². The van der Waals surface area contributed by atoms with Gasteiger partial charge in [0.1, 0.15) is 0 Å². The molecule has 0 radical (unpaired) electrons. The molecule has 0 fully saturated rings. The summed E-state index contributed by atoms with van der Waals surface area (Å²) in [4.78, 5) is 9.24. The van der Waals surface area contributed by atoms with E-state index in [1.165, 1.54) is 11.1 Å². The second-order valence-electron chi connectivity index (χ2n) is 6.17. The largest absolute Gasteiger partial charge is 0.383 e. The van der Waals surface area contributed by atoms with Crippen LogP contribution in [0.15, 0.2) is 29.3 Å². The molecule has 0 heterocycles. The summed E-state index contributed by atoms with van der Waals surface area (Å²) in [6.07, 6.45) is 1.05. The minimum Gasteiger partial charge on any atom is -0.383 e. The van der Waals surface area contributed by atoms with E-state index in [1.54, 1.807) is 7.11 Å². The smallest absolute Gasteiger partial charge is 0.193 e. The van der Waals surface area contributed by atoms with Crippen LogP contribution in [0.4, 0.5) is 0 Å². The fraction of sp³-hybridized carbons (Fsp3) is 0.632. The lowest BCUT2D eigenvalue weighted by atomic mass is 10.1. The summed E-state index contributed by atoms with van der Waals surface area (Å²) in [5.41, 5.74) is 2.66. The van der Waals surface area contributed by atoms with E-state index in [-0.39, 0.29) is 24.0 Å². The molecule has 0 saturated carbocycles. The van der Waals surface area contributed by atoms with Gasteiger partial charge < -0.3 is 19.9 Å². The molecule has 5 nitrogen and oxygen atoms in total. The molecule has 0 atom stereocenters. The highest BCUT2D eigenvalue weighted by Gasteiger charge is 2.07. The monoisotopic (exact) mass is 462 g/mol. The first kappa shape index (κ1) is 24.1. The van der Waals surface area contributed by atoms with Crippen molar-refractivity contribution in [1.29, 1.82) is 0 Å². The normalized spacial score (nSPS) is 11.4. The molecule has 6 heteroatoms. The molecule has 0 amide bonds. The molecular weight excluding hydrogens is 427 g/mol. The van der Waals surface area contributed by atoms with Gasteiger partial charge in [-0.1, -0.05) is 24.3 Å². The van der Waals surface area contributed by atoms with Crippen LogP contribution in [0.3, 0.4) is 0 Å². The number of hydrogen-bond acceptors (Lipinski definition) is 3. The van der Waals surface area contributed by atoms with Gasteiger partial charge >= 0.3 is 0 Å². The zero-order valence-electron chi connectivity index (χ0n) is 16.4. The zero-order chi connectivity index (χ0) is 17.8. The lowest BCUT2D eigenvalue weighted by molar-refractivity contribution is 0.161. The fourth-order valence-electron chi connectivity index (χ4n) is 2.47. The molecular formula is C19H35IN4O. The van der Waals surface area contributed by atoms with E-state index in [9.17, 15) is 0 Å². The van der Waals surface area contributed by atoms with Gasteiger partial charge in [0, 0.05) is 40.3 Å². The van der Waals surface area contributed by atoms with Crippen molar-refractivity contribution in [1.82, 2.24) is 15.1 Å². The van der Waals surface area contributed by atoms with Crippen LogP contribution in [0, 0.1) is 6.92 Å². The van der Waals surface area contributed by atoms with E-state index < -0.39 is 0 Å². The minimum absolute atomic E-state index is 0. The highest BCUT2D eigenvalue weighted by atomic mass is 127. The number of hydrogen-bond donors (Lipinski definition) is 1. The van der Waals surface area contributed by atoms with Crippen LogP contribution in [0.25, 0.3) is 0 Å². The maximum absolute atomic E-state index is 5.10. The molecule has 0 aromatic heterocycles. The van der Waals surface area contributed by atoms with E-state index in [0.717, 1.165) is 51.7 Å². The molecule has 0 aliphatic rings.